The predicted octanol–water partition coefficient (Wildman–Crippen LogP) is 1.98. The quantitative estimate of drug-likeness (QED) is 0.614. The number of hydrogen-bond donors (Lipinski definition) is 1. The topological polar surface area (TPSA) is 78.2 Å². The molecular weight excluding hydrogens is 290 g/mol. The first-order valence-corrected chi connectivity index (χ1v) is 7.33. The molecule has 0 saturated carbocycles. The van der Waals surface area contributed by atoms with E-state index >= 15 is 0 Å². The molecule has 0 amide bonds. The summed E-state index contributed by atoms with van der Waals surface area (Å²) >= 11 is 0. The van der Waals surface area contributed by atoms with E-state index in [0.717, 1.165) is 16.6 Å². The maximum absolute atomic E-state index is 12.8. The Balaban J connectivity index is 2.03. The van der Waals surface area contributed by atoms with Gasteiger partial charge in [-0.2, -0.15) is 0 Å². The van der Waals surface area contributed by atoms with E-state index in [0.29, 0.717) is 17.7 Å². The van der Waals surface area contributed by atoms with Crippen molar-refractivity contribution < 1.29 is 0 Å². The van der Waals surface area contributed by atoms with Gasteiger partial charge in [0.1, 0.15) is 0 Å². The van der Waals surface area contributed by atoms with Gasteiger partial charge in [0.15, 0.2) is 5.82 Å². The second-order valence-corrected chi connectivity index (χ2v) is 5.52. The third kappa shape index (κ3) is 2.07. The molecule has 114 valence electrons. The highest BCUT2D eigenvalue weighted by atomic mass is 16.2. The number of fused-ring (bicyclic) bond motifs is 3. The van der Waals surface area contributed by atoms with Crippen molar-refractivity contribution in [3.63, 3.8) is 0 Å². The summed E-state index contributed by atoms with van der Waals surface area (Å²) in [6.45, 7) is 2.34. The van der Waals surface area contributed by atoms with Crippen molar-refractivity contribution in [2.75, 3.05) is 5.73 Å². The van der Waals surface area contributed by atoms with Gasteiger partial charge < -0.3 is 5.73 Å². The van der Waals surface area contributed by atoms with Gasteiger partial charge in [-0.1, -0.05) is 42.5 Å². The molecule has 4 aromatic rings. The van der Waals surface area contributed by atoms with Gasteiger partial charge in [0, 0.05) is 0 Å². The van der Waals surface area contributed by atoms with Gasteiger partial charge in [0.25, 0.3) is 0 Å². The number of aryl methyl sites for hydroxylation is 1. The van der Waals surface area contributed by atoms with Crippen LogP contribution in [0.3, 0.4) is 0 Å². The molecule has 23 heavy (non-hydrogen) atoms. The molecule has 0 spiro atoms. The number of nitrogen functional groups attached to an aromatic ring is 1. The van der Waals surface area contributed by atoms with E-state index in [9.17, 15) is 4.79 Å². The molecule has 2 aromatic heterocycles. The van der Waals surface area contributed by atoms with Gasteiger partial charge >= 0.3 is 5.69 Å². The molecule has 0 unspecified atom stereocenters. The van der Waals surface area contributed by atoms with Crippen LogP contribution in [-0.4, -0.2) is 19.2 Å². The maximum atomic E-state index is 12.8. The number of rotatable bonds is 2. The summed E-state index contributed by atoms with van der Waals surface area (Å²) in [5, 5.41) is 4.38. The molecule has 0 aliphatic carbocycles. The van der Waals surface area contributed by atoms with E-state index < -0.39 is 0 Å². The molecule has 0 atom stereocenters. The Labute approximate surface area is 131 Å². The second kappa shape index (κ2) is 4.95. The van der Waals surface area contributed by atoms with Crippen molar-refractivity contribution in [2.24, 2.45) is 0 Å². The molecular formula is C17H15N5O. The monoisotopic (exact) mass is 305 g/mol. The molecule has 4 rings (SSSR count). The van der Waals surface area contributed by atoms with Crippen molar-refractivity contribution in [1.29, 1.82) is 0 Å². The molecule has 2 N–H and O–H groups in total. The smallest absolute Gasteiger partial charge is 0.351 e. The average molecular weight is 305 g/mol. The zero-order valence-electron chi connectivity index (χ0n) is 12.6. The van der Waals surface area contributed by atoms with E-state index in [1.165, 1.54) is 4.68 Å². The molecule has 0 radical (unpaired) electrons. The molecule has 0 bridgehead atoms. The SMILES string of the molecule is Cc1cccc2nc(N)c3nn(Cc4ccccc4)c(=O)n3c12. The Hall–Kier alpha value is -3.15. The minimum absolute atomic E-state index is 0.211. The second-order valence-electron chi connectivity index (χ2n) is 5.52. The van der Waals surface area contributed by atoms with Crippen molar-refractivity contribution >= 4 is 22.5 Å². The zero-order chi connectivity index (χ0) is 16.0. The lowest BCUT2D eigenvalue weighted by Gasteiger charge is -2.04. The summed E-state index contributed by atoms with van der Waals surface area (Å²) in [6, 6.07) is 15.4. The highest BCUT2D eigenvalue weighted by Gasteiger charge is 2.15. The third-order valence-electron chi connectivity index (χ3n) is 3.92. The van der Waals surface area contributed by atoms with E-state index in [4.69, 9.17) is 5.73 Å². The fourth-order valence-corrected chi connectivity index (χ4v) is 2.84. The van der Waals surface area contributed by atoms with Crippen molar-refractivity contribution in [3.05, 3.63) is 70.1 Å². The Morgan fingerprint density at radius 1 is 1.09 bits per heavy atom. The number of nitrogens with two attached hydrogens (primary N) is 1. The van der Waals surface area contributed by atoms with E-state index in [-0.39, 0.29) is 11.5 Å². The molecule has 0 aliphatic rings. The standard InChI is InChI=1S/C17H15N5O/c1-11-6-5-9-13-14(11)22-16(15(18)19-13)20-21(17(22)23)10-12-7-3-2-4-8-12/h2-9H,10H2,1H3,(H2,18,19). The molecule has 6 heteroatoms. The minimum atomic E-state index is -0.211. The van der Waals surface area contributed by atoms with Crippen LogP contribution in [-0.2, 0) is 6.54 Å². The summed E-state index contributed by atoms with van der Waals surface area (Å²) in [6.07, 6.45) is 0. The summed E-state index contributed by atoms with van der Waals surface area (Å²) in [7, 11) is 0. The highest BCUT2D eigenvalue weighted by molar-refractivity contribution is 5.84. The van der Waals surface area contributed by atoms with Gasteiger partial charge in [-0.15, -0.1) is 5.10 Å². The number of aromatic nitrogens is 4. The van der Waals surface area contributed by atoms with Crippen LogP contribution < -0.4 is 11.4 Å². The molecule has 0 saturated heterocycles. The van der Waals surface area contributed by atoms with Crippen LogP contribution in [0, 0.1) is 6.92 Å². The molecule has 0 aliphatic heterocycles. The minimum Gasteiger partial charge on any atom is -0.381 e. The van der Waals surface area contributed by atoms with Gasteiger partial charge in [-0.3, -0.25) is 0 Å². The predicted molar refractivity (Wildman–Crippen MR) is 89.4 cm³/mol. The summed E-state index contributed by atoms with van der Waals surface area (Å²) < 4.78 is 2.98. The summed E-state index contributed by atoms with van der Waals surface area (Å²) in [5.74, 6) is 0.256. The van der Waals surface area contributed by atoms with Crippen LogP contribution in [0.4, 0.5) is 5.82 Å². The van der Waals surface area contributed by atoms with E-state index in [2.05, 4.69) is 10.1 Å². The van der Waals surface area contributed by atoms with E-state index in [1.54, 1.807) is 4.40 Å². The molecule has 0 fully saturated rings. The first-order chi connectivity index (χ1) is 11.1. The summed E-state index contributed by atoms with van der Waals surface area (Å²) in [4.78, 5) is 17.2. The van der Waals surface area contributed by atoms with Crippen molar-refractivity contribution in [2.45, 2.75) is 13.5 Å². The average Bonchev–Trinajstić information content (AvgIpc) is 2.86. The van der Waals surface area contributed by atoms with Crippen LogP contribution in [0.25, 0.3) is 16.7 Å². The van der Waals surface area contributed by atoms with Crippen LogP contribution in [0.2, 0.25) is 0 Å². The third-order valence-corrected chi connectivity index (χ3v) is 3.92. The first-order valence-electron chi connectivity index (χ1n) is 7.33. The van der Waals surface area contributed by atoms with Gasteiger partial charge in [-0.25, -0.2) is 18.9 Å². The van der Waals surface area contributed by atoms with Gasteiger partial charge in [0.05, 0.1) is 17.6 Å². The lowest BCUT2D eigenvalue weighted by molar-refractivity contribution is 0.660. The maximum Gasteiger partial charge on any atom is 0.351 e. The Morgan fingerprint density at radius 3 is 2.65 bits per heavy atom. The molecule has 2 aromatic carbocycles. The number of benzene rings is 2. The van der Waals surface area contributed by atoms with E-state index in [1.807, 2.05) is 55.5 Å². The van der Waals surface area contributed by atoms with Crippen molar-refractivity contribution in [1.82, 2.24) is 19.2 Å². The number of anilines is 1. The molecule has 6 nitrogen and oxygen atoms in total. The summed E-state index contributed by atoms with van der Waals surface area (Å²) in [5.41, 5.74) is 9.59. The number of para-hydroxylation sites is 1. The normalized spacial score (nSPS) is 11.3. The number of nitrogens with zero attached hydrogens (tertiary/aromatic N) is 4. The fraction of sp³-hybridized carbons (Fsp3) is 0.118. The van der Waals surface area contributed by atoms with Crippen LogP contribution in [0.5, 0.6) is 0 Å². The number of hydrogen-bond acceptors (Lipinski definition) is 4. The Morgan fingerprint density at radius 2 is 1.87 bits per heavy atom. The fourth-order valence-electron chi connectivity index (χ4n) is 2.84. The first kappa shape index (κ1) is 13.5. The van der Waals surface area contributed by atoms with Crippen LogP contribution >= 0.6 is 0 Å². The van der Waals surface area contributed by atoms with Crippen LogP contribution in [0.15, 0.2) is 53.3 Å². The van der Waals surface area contributed by atoms with Gasteiger partial charge in [-0.05, 0) is 24.1 Å². The Kier molecular flexibility index (Phi) is 2.90. The van der Waals surface area contributed by atoms with Crippen LogP contribution in [0.1, 0.15) is 11.1 Å². The zero-order valence-corrected chi connectivity index (χ0v) is 12.6. The molecule has 2 heterocycles. The highest BCUT2D eigenvalue weighted by Crippen LogP contribution is 2.20. The Bertz CT molecular complexity index is 1080. The van der Waals surface area contributed by atoms with Crippen molar-refractivity contribution in [3.8, 4) is 0 Å². The van der Waals surface area contributed by atoms with Gasteiger partial charge in [0.2, 0.25) is 5.65 Å². The lowest BCUT2D eigenvalue weighted by Crippen LogP contribution is -2.22. The largest absolute Gasteiger partial charge is 0.381 e. The lowest BCUT2D eigenvalue weighted by atomic mass is 10.2.